The predicted octanol–water partition coefficient (Wildman–Crippen LogP) is 4.93. The highest BCUT2D eigenvalue weighted by Crippen LogP contribution is 2.21. The lowest BCUT2D eigenvalue weighted by Gasteiger charge is -2.32. The molecule has 30 heavy (non-hydrogen) atoms. The van der Waals surface area contributed by atoms with Crippen molar-refractivity contribution in [2.75, 3.05) is 6.54 Å². The van der Waals surface area contributed by atoms with Crippen molar-refractivity contribution in [1.82, 2.24) is 9.80 Å². The van der Waals surface area contributed by atoms with Gasteiger partial charge in [0.05, 0.1) is 13.1 Å². The van der Waals surface area contributed by atoms with Crippen LogP contribution in [0, 0.1) is 18.2 Å². The molecule has 2 rings (SSSR count). The lowest BCUT2D eigenvalue weighted by atomic mass is 9.91. The second-order valence-corrected chi connectivity index (χ2v) is 9.24. The maximum absolute atomic E-state index is 13.3. The molecule has 2 amide bonds. The van der Waals surface area contributed by atoms with Gasteiger partial charge in [-0.2, -0.15) is 0 Å². The minimum Gasteiger partial charge on any atom is -0.464 e. The van der Waals surface area contributed by atoms with Gasteiger partial charge in [0.2, 0.25) is 11.8 Å². The molecule has 5 nitrogen and oxygen atoms in total. The van der Waals surface area contributed by atoms with Crippen LogP contribution in [0.25, 0.3) is 0 Å². The molecule has 0 spiro atoms. The zero-order valence-corrected chi connectivity index (χ0v) is 18.9. The van der Waals surface area contributed by atoms with Gasteiger partial charge in [0.1, 0.15) is 17.3 Å². The van der Waals surface area contributed by atoms with E-state index in [1.807, 2.05) is 53.7 Å². The van der Waals surface area contributed by atoms with E-state index in [0.717, 1.165) is 11.3 Å². The standard InChI is InChI=1S/C24H33FN2O3/c1-17(2)27(22(28)13-24(4,5)6)16-23(29)26(15-21-12-7-18(3)30-21)14-19-8-10-20(25)11-9-19/h7-12,17H,13-16H2,1-6H3. The number of nitrogens with zero attached hydrogens (tertiary/aromatic N) is 2. The van der Waals surface area contributed by atoms with Crippen LogP contribution in [0.2, 0.25) is 0 Å². The number of benzene rings is 1. The Morgan fingerprint density at radius 2 is 1.63 bits per heavy atom. The minimum absolute atomic E-state index is 0.00648. The van der Waals surface area contributed by atoms with Crippen LogP contribution in [-0.2, 0) is 22.7 Å². The normalized spacial score (nSPS) is 11.6. The number of halogens is 1. The molecule has 0 saturated heterocycles. The van der Waals surface area contributed by atoms with Gasteiger partial charge in [-0.1, -0.05) is 32.9 Å². The Morgan fingerprint density at radius 3 is 2.13 bits per heavy atom. The summed E-state index contributed by atoms with van der Waals surface area (Å²) >= 11 is 0. The highest BCUT2D eigenvalue weighted by Gasteiger charge is 2.27. The summed E-state index contributed by atoms with van der Waals surface area (Å²) in [5, 5.41) is 0. The molecular weight excluding hydrogens is 383 g/mol. The van der Waals surface area contributed by atoms with Crippen molar-refractivity contribution in [2.45, 2.75) is 67.1 Å². The number of carbonyl (C=O) groups is 2. The fourth-order valence-electron chi connectivity index (χ4n) is 3.16. The Bertz CT molecular complexity index is 850. The molecule has 0 unspecified atom stereocenters. The molecule has 6 heteroatoms. The minimum atomic E-state index is -0.322. The van der Waals surface area contributed by atoms with Gasteiger partial charge in [-0.05, 0) is 56.0 Å². The summed E-state index contributed by atoms with van der Waals surface area (Å²) in [6, 6.07) is 9.67. The molecule has 1 heterocycles. The van der Waals surface area contributed by atoms with Crippen molar-refractivity contribution >= 4 is 11.8 Å². The number of furan rings is 1. The number of rotatable bonds is 8. The monoisotopic (exact) mass is 416 g/mol. The maximum atomic E-state index is 13.3. The molecule has 0 aliphatic heterocycles. The number of hydrogen-bond donors (Lipinski definition) is 0. The van der Waals surface area contributed by atoms with Crippen LogP contribution in [0.4, 0.5) is 4.39 Å². The van der Waals surface area contributed by atoms with Crippen LogP contribution in [0.1, 0.15) is 58.1 Å². The van der Waals surface area contributed by atoms with Gasteiger partial charge in [0.15, 0.2) is 0 Å². The SMILES string of the molecule is Cc1ccc(CN(Cc2ccc(F)cc2)C(=O)CN(C(=O)CC(C)(C)C)C(C)C)o1. The summed E-state index contributed by atoms with van der Waals surface area (Å²) in [7, 11) is 0. The smallest absolute Gasteiger partial charge is 0.242 e. The van der Waals surface area contributed by atoms with Crippen molar-refractivity contribution in [3.63, 3.8) is 0 Å². The van der Waals surface area contributed by atoms with Crippen LogP contribution < -0.4 is 0 Å². The van der Waals surface area contributed by atoms with E-state index in [4.69, 9.17) is 4.42 Å². The van der Waals surface area contributed by atoms with Gasteiger partial charge in [0.25, 0.3) is 0 Å². The molecule has 0 N–H and O–H groups in total. The first-order chi connectivity index (χ1) is 13.9. The zero-order valence-electron chi connectivity index (χ0n) is 18.9. The summed E-state index contributed by atoms with van der Waals surface area (Å²) < 4.78 is 18.9. The molecule has 0 aliphatic rings. The van der Waals surface area contributed by atoms with Crippen LogP contribution >= 0.6 is 0 Å². The average molecular weight is 417 g/mol. The molecule has 0 atom stereocenters. The van der Waals surface area contributed by atoms with E-state index >= 15 is 0 Å². The fourth-order valence-corrected chi connectivity index (χ4v) is 3.16. The molecule has 0 aliphatic carbocycles. The molecular formula is C24H33FN2O3. The summed E-state index contributed by atoms with van der Waals surface area (Å²) in [6.45, 7) is 12.3. The van der Waals surface area contributed by atoms with Crippen LogP contribution in [0.3, 0.4) is 0 Å². The van der Waals surface area contributed by atoms with Crippen molar-refractivity contribution in [3.05, 3.63) is 59.3 Å². The van der Waals surface area contributed by atoms with Gasteiger partial charge in [0, 0.05) is 19.0 Å². The Balaban J connectivity index is 2.20. The molecule has 2 aromatic rings. The number of carbonyl (C=O) groups excluding carboxylic acids is 2. The average Bonchev–Trinajstić information content (AvgIpc) is 3.03. The lowest BCUT2D eigenvalue weighted by Crippen LogP contribution is -2.46. The van der Waals surface area contributed by atoms with E-state index in [2.05, 4.69) is 0 Å². The Morgan fingerprint density at radius 1 is 1.00 bits per heavy atom. The summed E-state index contributed by atoms with van der Waals surface area (Å²) in [5.74, 6) is 0.895. The highest BCUT2D eigenvalue weighted by atomic mass is 19.1. The molecule has 0 radical (unpaired) electrons. The van der Waals surface area contributed by atoms with Crippen molar-refractivity contribution in [3.8, 4) is 0 Å². The van der Waals surface area contributed by atoms with E-state index < -0.39 is 0 Å². The molecule has 1 aromatic carbocycles. The second-order valence-electron chi connectivity index (χ2n) is 9.24. The predicted molar refractivity (Wildman–Crippen MR) is 115 cm³/mol. The largest absolute Gasteiger partial charge is 0.464 e. The van der Waals surface area contributed by atoms with Crippen molar-refractivity contribution in [1.29, 1.82) is 0 Å². The number of aryl methyl sites for hydroxylation is 1. The van der Waals surface area contributed by atoms with Crippen molar-refractivity contribution < 1.29 is 18.4 Å². The van der Waals surface area contributed by atoms with E-state index in [-0.39, 0.29) is 42.2 Å². The van der Waals surface area contributed by atoms with Crippen molar-refractivity contribution in [2.24, 2.45) is 5.41 Å². The first kappa shape index (κ1) is 23.6. The molecule has 0 saturated carbocycles. The van der Waals surface area contributed by atoms with E-state index in [0.29, 0.717) is 18.7 Å². The summed E-state index contributed by atoms with van der Waals surface area (Å²) in [4.78, 5) is 29.3. The van der Waals surface area contributed by atoms with Crippen LogP contribution in [0.15, 0.2) is 40.8 Å². The highest BCUT2D eigenvalue weighted by molar-refractivity contribution is 5.85. The first-order valence-electron chi connectivity index (χ1n) is 10.3. The van der Waals surface area contributed by atoms with E-state index in [1.165, 1.54) is 12.1 Å². The summed E-state index contributed by atoms with van der Waals surface area (Å²) in [5.41, 5.74) is 0.650. The van der Waals surface area contributed by atoms with Gasteiger partial charge in [-0.25, -0.2) is 4.39 Å². The fraction of sp³-hybridized carbons (Fsp3) is 0.500. The van der Waals surface area contributed by atoms with E-state index in [1.54, 1.807) is 21.9 Å². The maximum Gasteiger partial charge on any atom is 0.242 e. The third-order valence-electron chi connectivity index (χ3n) is 4.71. The first-order valence-corrected chi connectivity index (χ1v) is 10.3. The van der Waals surface area contributed by atoms with Crippen LogP contribution in [-0.4, -0.2) is 34.2 Å². The Hall–Kier alpha value is -2.63. The lowest BCUT2D eigenvalue weighted by molar-refractivity contribution is -0.143. The van der Waals surface area contributed by atoms with Crippen LogP contribution in [0.5, 0.6) is 0 Å². The Labute approximate surface area is 178 Å². The second kappa shape index (κ2) is 9.92. The van der Waals surface area contributed by atoms with E-state index in [9.17, 15) is 14.0 Å². The van der Waals surface area contributed by atoms with Gasteiger partial charge in [-0.3, -0.25) is 9.59 Å². The molecule has 164 valence electrons. The molecule has 0 fully saturated rings. The third-order valence-corrected chi connectivity index (χ3v) is 4.71. The Kier molecular flexibility index (Phi) is 7.82. The number of hydrogen-bond acceptors (Lipinski definition) is 3. The molecule has 0 bridgehead atoms. The number of amides is 2. The third kappa shape index (κ3) is 7.32. The van der Waals surface area contributed by atoms with Gasteiger partial charge >= 0.3 is 0 Å². The quantitative estimate of drug-likeness (QED) is 0.613. The topological polar surface area (TPSA) is 53.8 Å². The van der Waals surface area contributed by atoms with Gasteiger partial charge in [-0.15, -0.1) is 0 Å². The molecule has 1 aromatic heterocycles. The van der Waals surface area contributed by atoms with Gasteiger partial charge < -0.3 is 14.2 Å². The zero-order chi connectivity index (χ0) is 22.5. The summed E-state index contributed by atoms with van der Waals surface area (Å²) in [6.07, 6.45) is 0.369.